The second-order valence-electron chi connectivity index (χ2n) is 12.7. The van der Waals surface area contributed by atoms with E-state index in [4.69, 9.17) is 9.47 Å². The number of likely N-dealkylation sites (N-methyl/N-ethyl adjacent to an activating group) is 1. The molecule has 6 rings (SSSR count). The number of nitrogens with zero attached hydrogens (tertiary/aromatic N) is 3. The summed E-state index contributed by atoms with van der Waals surface area (Å²) in [6, 6.07) is 17.2. The van der Waals surface area contributed by atoms with Crippen LogP contribution in [-0.4, -0.2) is 94.0 Å². The normalized spacial score (nSPS) is 32.0. The van der Waals surface area contributed by atoms with E-state index in [9.17, 15) is 24.3 Å². The lowest BCUT2D eigenvalue weighted by Gasteiger charge is -2.36. The highest BCUT2D eigenvalue weighted by atomic mass is 79.9. The van der Waals surface area contributed by atoms with Crippen LogP contribution in [0.4, 0.5) is 0 Å². The van der Waals surface area contributed by atoms with Gasteiger partial charge in [0.1, 0.15) is 29.8 Å². The van der Waals surface area contributed by atoms with Gasteiger partial charge >= 0.3 is 5.97 Å². The zero-order chi connectivity index (χ0) is 33.3. The number of likely N-dealkylation sites (tertiary alicyclic amines) is 1. The lowest BCUT2D eigenvalue weighted by atomic mass is 9.74. The van der Waals surface area contributed by atoms with Gasteiger partial charge in [0.2, 0.25) is 17.7 Å². The Labute approximate surface area is 283 Å². The van der Waals surface area contributed by atoms with Crippen LogP contribution in [0.5, 0.6) is 0 Å². The maximum atomic E-state index is 14.7. The molecule has 2 aromatic rings. The van der Waals surface area contributed by atoms with Gasteiger partial charge in [-0.2, -0.15) is 0 Å². The minimum atomic E-state index is -1.41. The summed E-state index contributed by atoms with van der Waals surface area (Å²) in [5.41, 5.74) is 0.212. The number of esters is 1. The molecule has 11 heteroatoms. The molecule has 3 amide bonds. The summed E-state index contributed by atoms with van der Waals surface area (Å²) in [6.45, 7) is 2.31. The van der Waals surface area contributed by atoms with Gasteiger partial charge in [0.25, 0.3) is 0 Å². The van der Waals surface area contributed by atoms with Crippen LogP contribution in [0.3, 0.4) is 0 Å². The Kier molecular flexibility index (Phi) is 9.68. The molecule has 2 saturated heterocycles. The molecule has 47 heavy (non-hydrogen) atoms. The molecule has 7 atom stereocenters. The third kappa shape index (κ3) is 6.05. The fraction of sp³-hybridized carbons (Fsp3) is 0.444. The average Bonchev–Trinajstić information content (AvgIpc) is 3.67. The van der Waals surface area contributed by atoms with Crippen LogP contribution in [0.25, 0.3) is 0 Å². The quantitative estimate of drug-likeness (QED) is 0.360. The fourth-order valence-electron chi connectivity index (χ4n) is 7.38. The number of aliphatic hydroxyl groups is 1. The van der Waals surface area contributed by atoms with Crippen LogP contribution < -0.4 is 0 Å². The monoisotopic (exact) mass is 705 g/mol. The van der Waals surface area contributed by atoms with E-state index in [0.29, 0.717) is 16.5 Å². The van der Waals surface area contributed by atoms with E-state index in [0.717, 1.165) is 5.56 Å². The zero-order valence-electron chi connectivity index (χ0n) is 26.5. The van der Waals surface area contributed by atoms with E-state index < -0.39 is 47.7 Å². The van der Waals surface area contributed by atoms with Crippen molar-refractivity contribution in [1.29, 1.82) is 0 Å². The lowest BCUT2D eigenvalue weighted by molar-refractivity contribution is -0.164. The van der Waals surface area contributed by atoms with Crippen molar-refractivity contribution in [2.45, 2.75) is 62.6 Å². The van der Waals surface area contributed by atoms with Crippen molar-refractivity contribution in [3.63, 3.8) is 0 Å². The average molecular weight is 707 g/mol. The van der Waals surface area contributed by atoms with Crippen LogP contribution >= 0.6 is 15.9 Å². The molecule has 10 nitrogen and oxygen atoms in total. The number of amides is 3. The van der Waals surface area contributed by atoms with Crippen LogP contribution in [0.2, 0.25) is 0 Å². The van der Waals surface area contributed by atoms with Crippen molar-refractivity contribution in [3.8, 4) is 0 Å². The standard InChI is InChI=1S/C36H40BrN3O7/c1-23-30(25-15-8-4-9-16-25)46-35(45)28-29-33(43)40(19-12-20-41)32(36(29)21-26(37)31(28)47-36)34(44)39(22-24-13-6-3-7-14-24)18-11-5-10-17-27(42)38(23)2/h3-9,11,13-16,21,23,28-32,41H,10,12,17-20,22H2,1-2H3/b11-5-/t23-,28+,29-,30+,31+,32+,36-/m0/s1. The van der Waals surface area contributed by atoms with E-state index in [1.54, 1.807) is 22.9 Å². The highest BCUT2D eigenvalue weighted by Crippen LogP contribution is 2.59. The van der Waals surface area contributed by atoms with Gasteiger partial charge in [-0.15, -0.1) is 0 Å². The molecule has 0 aliphatic carbocycles. The van der Waals surface area contributed by atoms with E-state index in [1.807, 2.05) is 79.7 Å². The van der Waals surface area contributed by atoms with Crippen molar-refractivity contribution in [2.24, 2.45) is 11.8 Å². The number of cyclic esters (lactones) is 1. The molecule has 4 heterocycles. The third-order valence-electron chi connectivity index (χ3n) is 9.85. The lowest BCUT2D eigenvalue weighted by Crippen LogP contribution is -2.55. The Morgan fingerprint density at radius 3 is 2.36 bits per heavy atom. The molecule has 2 fully saturated rings. The molecule has 5 bridgehead atoms. The molecule has 0 unspecified atom stereocenters. The predicted octanol–water partition coefficient (Wildman–Crippen LogP) is 3.75. The molecular weight excluding hydrogens is 666 g/mol. The van der Waals surface area contributed by atoms with Crippen LogP contribution in [0.1, 0.15) is 43.4 Å². The number of carbonyl (C=O) groups excluding carboxylic acids is 4. The topological polar surface area (TPSA) is 117 Å². The van der Waals surface area contributed by atoms with E-state index in [-0.39, 0.29) is 56.8 Å². The fourth-order valence-corrected chi connectivity index (χ4v) is 8.12. The second-order valence-corrected chi connectivity index (χ2v) is 13.6. The highest BCUT2D eigenvalue weighted by Gasteiger charge is 2.75. The van der Waals surface area contributed by atoms with Crippen LogP contribution in [-0.2, 0) is 35.2 Å². The smallest absolute Gasteiger partial charge is 0.313 e. The largest absolute Gasteiger partial charge is 0.455 e. The van der Waals surface area contributed by atoms with E-state index >= 15 is 0 Å². The summed E-state index contributed by atoms with van der Waals surface area (Å²) in [6.07, 6.45) is 4.86. The van der Waals surface area contributed by atoms with Gasteiger partial charge in [-0.05, 0) is 37.0 Å². The first-order chi connectivity index (χ1) is 22.7. The first kappa shape index (κ1) is 33.1. The predicted molar refractivity (Wildman–Crippen MR) is 177 cm³/mol. The van der Waals surface area contributed by atoms with E-state index in [2.05, 4.69) is 15.9 Å². The molecule has 1 spiro atoms. The first-order valence-electron chi connectivity index (χ1n) is 16.1. The zero-order valence-corrected chi connectivity index (χ0v) is 28.1. The SMILES string of the molecule is C[C@H]1[C@H](c2ccccc2)OC(=O)[C@H]2[C@@H]3O[C@@]4(C=C3Br)[C@@H]2C(=O)N(CCCO)[C@@H]4C(=O)N(Cc2ccccc2)C/C=C\CCC(=O)N1C. The van der Waals surface area contributed by atoms with Crippen molar-refractivity contribution in [2.75, 3.05) is 26.7 Å². The molecule has 0 radical (unpaired) electrons. The Morgan fingerprint density at radius 1 is 0.957 bits per heavy atom. The number of carbonyl (C=O) groups is 4. The maximum Gasteiger partial charge on any atom is 0.313 e. The Balaban J connectivity index is 1.45. The first-order valence-corrected chi connectivity index (χ1v) is 16.9. The molecule has 1 N–H and O–H groups in total. The summed E-state index contributed by atoms with van der Waals surface area (Å²) in [5.74, 6) is -3.50. The van der Waals surface area contributed by atoms with Gasteiger partial charge < -0.3 is 29.3 Å². The van der Waals surface area contributed by atoms with Crippen molar-refractivity contribution in [3.05, 3.63) is 94.5 Å². The number of rotatable bonds is 6. The summed E-state index contributed by atoms with van der Waals surface area (Å²) in [7, 11) is 1.70. The number of halogens is 1. The summed E-state index contributed by atoms with van der Waals surface area (Å²) in [5, 5.41) is 9.73. The number of aliphatic hydroxyl groups excluding tert-OH is 1. The summed E-state index contributed by atoms with van der Waals surface area (Å²) >= 11 is 3.60. The van der Waals surface area contributed by atoms with E-state index in [1.165, 1.54) is 4.90 Å². The van der Waals surface area contributed by atoms with Crippen molar-refractivity contribution >= 4 is 39.6 Å². The maximum absolute atomic E-state index is 14.7. The Morgan fingerprint density at radius 2 is 1.66 bits per heavy atom. The summed E-state index contributed by atoms with van der Waals surface area (Å²) in [4.78, 5) is 61.5. The molecule has 2 aromatic carbocycles. The molecule has 4 aliphatic heterocycles. The van der Waals surface area contributed by atoms with Gasteiger partial charge in [0, 0.05) is 44.2 Å². The number of allylic oxidation sites excluding steroid dienone is 1. The highest BCUT2D eigenvalue weighted by molar-refractivity contribution is 9.11. The number of benzene rings is 2. The van der Waals surface area contributed by atoms with Gasteiger partial charge in [-0.1, -0.05) is 88.7 Å². The van der Waals surface area contributed by atoms with Crippen molar-refractivity contribution in [1.82, 2.24) is 14.7 Å². The number of hydrogen-bond acceptors (Lipinski definition) is 7. The van der Waals surface area contributed by atoms with Gasteiger partial charge in [-0.3, -0.25) is 19.2 Å². The number of hydrogen-bond donors (Lipinski definition) is 1. The van der Waals surface area contributed by atoms with Gasteiger partial charge in [0.05, 0.1) is 12.0 Å². The number of fused-ring (bicyclic) bond motifs is 2. The van der Waals surface area contributed by atoms with Crippen LogP contribution in [0.15, 0.2) is 83.4 Å². The van der Waals surface area contributed by atoms with Gasteiger partial charge in [0.15, 0.2) is 0 Å². The Hall–Kier alpha value is -3.80. The molecule has 0 saturated carbocycles. The minimum absolute atomic E-state index is 0.109. The third-order valence-corrected chi connectivity index (χ3v) is 10.5. The molecule has 4 aliphatic rings. The van der Waals surface area contributed by atoms with Crippen molar-refractivity contribution < 1.29 is 33.8 Å². The molecule has 248 valence electrons. The molecule has 0 aromatic heterocycles. The van der Waals surface area contributed by atoms with Crippen LogP contribution in [0, 0.1) is 11.8 Å². The molecular formula is C36H40BrN3O7. The Bertz CT molecular complexity index is 1570. The van der Waals surface area contributed by atoms with Gasteiger partial charge in [-0.25, -0.2) is 0 Å². The second kappa shape index (κ2) is 13.7. The number of ether oxygens (including phenoxy) is 2. The summed E-state index contributed by atoms with van der Waals surface area (Å²) < 4.78 is 13.5. The minimum Gasteiger partial charge on any atom is -0.455 e.